The fraction of sp³-hybridized carbons (Fsp3) is 0.571. The van der Waals surface area contributed by atoms with E-state index in [1.165, 1.54) is 0 Å². The van der Waals surface area contributed by atoms with Crippen LogP contribution in [0.2, 0.25) is 0 Å². The lowest BCUT2D eigenvalue weighted by Crippen LogP contribution is -2.44. The molecule has 1 aromatic rings. The Kier molecular flexibility index (Phi) is 5.76. The summed E-state index contributed by atoms with van der Waals surface area (Å²) in [6, 6.07) is 3.86. The molecule has 0 aromatic carbocycles. The van der Waals surface area contributed by atoms with E-state index in [0.29, 0.717) is 13.0 Å². The van der Waals surface area contributed by atoms with E-state index in [9.17, 15) is 4.79 Å². The van der Waals surface area contributed by atoms with Gasteiger partial charge in [0.15, 0.2) is 0 Å². The van der Waals surface area contributed by atoms with Crippen LogP contribution in [-0.4, -0.2) is 36.3 Å². The molecule has 1 heterocycles. The van der Waals surface area contributed by atoms with Crippen molar-refractivity contribution < 1.29 is 9.53 Å². The van der Waals surface area contributed by atoms with Crippen LogP contribution in [0.25, 0.3) is 0 Å². The standard InChI is InChI=1S/C14H23N3O2/c1-14(2,3)19-13(18)17-12(10-15-4)8-11-6-5-7-16-9-11/h5-7,9,12,15H,8,10H2,1-4H3,(H,17,18). The summed E-state index contributed by atoms with van der Waals surface area (Å²) in [5, 5.41) is 5.94. The Morgan fingerprint density at radius 2 is 2.21 bits per heavy atom. The first-order valence-electron chi connectivity index (χ1n) is 6.44. The molecule has 0 radical (unpaired) electrons. The molecule has 0 aliphatic rings. The maximum atomic E-state index is 11.8. The van der Waals surface area contributed by atoms with Gasteiger partial charge in [0.2, 0.25) is 0 Å². The van der Waals surface area contributed by atoms with Crippen LogP contribution in [-0.2, 0) is 11.2 Å². The number of ether oxygens (including phenoxy) is 1. The zero-order valence-electron chi connectivity index (χ0n) is 12.1. The Hall–Kier alpha value is -1.62. The first kappa shape index (κ1) is 15.4. The summed E-state index contributed by atoms with van der Waals surface area (Å²) < 4.78 is 5.26. The topological polar surface area (TPSA) is 63.2 Å². The van der Waals surface area contributed by atoms with Crippen LogP contribution >= 0.6 is 0 Å². The molecule has 0 saturated heterocycles. The van der Waals surface area contributed by atoms with Gasteiger partial charge in [-0.05, 0) is 45.9 Å². The van der Waals surface area contributed by atoms with Crippen molar-refractivity contribution in [1.82, 2.24) is 15.6 Å². The summed E-state index contributed by atoms with van der Waals surface area (Å²) in [4.78, 5) is 15.8. The van der Waals surface area contributed by atoms with Gasteiger partial charge in [0.25, 0.3) is 0 Å². The van der Waals surface area contributed by atoms with Crippen molar-refractivity contribution in [3.8, 4) is 0 Å². The molecule has 1 unspecified atom stereocenters. The Bertz CT molecular complexity index is 387. The van der Waals surface area contributed by atoms with Crippen LogP contribution in [0.4, 0.5) is 4.79 Å². The molecule has 0 spiro atoms. The van der Waals surface area contributed by atoms with Gasteiger partial charge in [0, 0.05) is 25.0 Å². The number of hydrogen-bond acceptors (Lipinski definition) is 4. The lowest BCUT2D eigenvalue weighted by molar-refractivity contribution is 0.0504. The van der Waals surface area contributed by atoms with Gasteiger partial charge in [-0.2, -0.15) is 0 Å². The van der Waals surface area contributed by atoms with Crippen LogP contribution < -0.4 is 10.6 Å². The Labute approximate surface area is 114 Å². The van der Waals surface area contributed by atoms with E-state index in [-0.39, 0.29) is 6.04 Å². The maximum Gasteiger partial charge on any atom is 0.407 e. The van der Waals surface area contributed by atoms with Gasteiger partial charge in [-0.15, -0.1) is 0 Å². The van der Waals surface area contributed by atoms with Crippen LogP contribution in [0.1, 0.15) is 26.3 Å². The minimum absolute atomic E-state index is 0.0240. The van der Waals surface area contributed by atoms with E-state index < -0.39 is 11.7 Å². The zero-order chi connectivity index (χ0) is 14.3. The number of rotatable bonds is 5. The average Bonchev–Trinajstić information content (AvgIpc) is 2.27. The fourth-order valence-electron chi connectivity index (χ4n) is 1.70. The molecule has 0 aliphatic carbocycles. The van der Waals surface area contributed by atoms with Crippen molar-refractivity contribution >= 4 is 6.09 Å². The minimum atomic E-state index is -0.484. The van der Waals surface area contributed by atoms with Crippen molar-refractivity contribution in [2.24, 2.45) is 0 Å². The highest BCUT2D eigenvalue weighted by Crippen LogP contribution is 2.07. The second kappa shape index (κ2) is 7.09. The lowest BCUT2D eigenvalue weighted by atomic mass is 10.1. The van der Waals surface area contributed by atoms with Crippen molar-refractivity contribution in [1.29, 1.82) is 0 Å². The number of alkyl carbamates (subject to hydrolysis) is 1. The average molecular weight is 265 g/mol. The van der Waals surface area contributed by atoms with Crippen molar-refractivity contribution in [3.63, 3.8) is 0 Å². The fourth-order valence-corrected chi connectivity index (χ4v) is 1.70. The van der Waals surface area contributed by atoms with E-state index >= 15 is 0 Å². The van der Waals surface area contributed by atoms with E-state index in [2.05, 4.69) is 15.6 Å². The van der Waals surface area contributed by atoms with Gasteiger partial charge in [-0.1, -0.05) is 6.07 Å². The highest BCUT2D eigenvalue weighted by molar-refractivity contribution is 5.68. The molecule has 5 heteroatoms. The first-order valence-corrected chi connectivity index (χ1v) is 6.44. The molecular formula is C14H23N3O2. The highest BCUT2D eigenvalue weighted by Gasteiger charge is 2.19. The van der Waals surface area contributed by atoms with Gasteiger partial charge >= 0.3 is 6.09 Å². The first-order chi connectivity index (χ1) is 8.90. The quantitative estimate of drug-likeness (QED) is 0.851. The second-order valence-electron chi connectivity index (χ2n) is 5.47. The third-order valence-electron chi connectivity index (χ3n) is 2.38. The third kappa shape index (κ3) is 6.76. The van der Waals surface area contributed by atoms with E-state index in [1.807, 2.05) is 40.0 Å². The number of hydrogen-bond donors (Lipinski definition) is 2. The third-order valence-corrected chi connectivity index (χ3v) is 2.38. The van der Waals surface area contributed by atoms with E-state index in [0.717, 1.165) is 5.56 Å². The molecule has 106 valence electrons. The summed E-state index contributed by atoms with van der Waals surface area (Å²) >= 11 is 0. The molecule has 0 fully saturated rings. The van der Waals surface area contributed by atoms with Crippen molar-refractivity contribution in [2.45, 2.75) is 38.8 Å². The normalized spacial score (nSPS) is 12.8. The summed E-state index contributed by atoms with van der Waals surface area (Å²) in [5.74, 6) is 0. The Balaban J connectivity index is 2.55. The molecule has 0 aliphatic heterocycles. The monoisotopic (exact) mass is 265 g/mol. The van der Waals surface area contributed by atoms with Crippen LogP contribution in [0.3, 0.4) is 0 Å². The molecule has 0 bridgehead atoms. The largest absolute Gasteiger partial charge is 0.444 e. The van der Waals surface area contributed by atoms with Gasteiger partial charge in [-0.25, -0.2) is 4.79 Å². The van der Waals surface area contributed by atoms with Crippen LogP contribution in [0, 0.1) is 0 Å². The van der Waals surface area contributed by atoms with Crippen LogP contribution in [0.15, 0.2) is 24.5 Å². The van der Waals surface area contributed by atoms with Gasteiger partial charge < -0.3 is 15.4 Å². The molecule has 1 rings (SSSR count). The highest BCUT2D eigenvalue weighted by atomic mass is 16.6. The molecule has 5 nitrogen and oxygen atoms in total. The number of pyridine rings is 1. The van der Waals surface area contributed by atoms with E-state index in [1.54, 1.807) is 12.4 Å². The van der Waals surface area contributed by atoms with E-state index in [4.69, 9.17) is 4.74 Å². The zero-order valence-corrected chi connectivity index (χ0v) is 12.1. The maximum absolute atomic E-state index is 11.8. The molecule has 1 atom stereocenters. The Morgan fingerprint density at radius 3 is 2.74 bits per heavy atom. The number of nitrogens with zero attached hydrogens (tertiary/aromatic N) is 1. The summed E-state index contributed by atoms with van der Waals surface area (Å²) in [6.45, 7) is 6.22. The van der Waals surface area contributed by atoms with Crippen molar-refractivity contribution in [3.05, 3.63) is 30.1 Å². The predicted octanol–water partition coefficient (Wildman–Crippen LogP) is 1.74. The summed E-state index contributed by atoms with van der Waals surface area (Å²) in [6.07, 6.45) is 3.86. The summed E-state index contributed by atoms with van der Waals surface area (Å²) in [7, 11) is 1.85. The number of aromatic nitrogens is 1. The summed E-state index contributed by atoms with van der Waals surface area (Å²) in [5.41, 5.74) is 0.599. The molecule has 0 saturated carbocycles. The number of likely N-dealkylation sites (N-methyl/N-ethyl adjacent to an activating group) is 1. The number of carbonyl (C=O) groups is 1. The lowest BCUT2D eigenvalue weighted by Gasteiger charge is -2.23. The molecular weight excluding hydrogens is 242 g/mol. The SMILES string of the molecule is CNCC(Cc1cccnc1)NC(=O)OC(C)(C)C. The van der Waals surface area contributed by atoms with Gasteiger partial charge in [0.1, 0.15) is 5.60 Å². The van der Waals surface area contributed by atoms with Crippen LogP contribution in [0.5, 0.6) is 0 Å². The van der Waals surface area contributed by atoms with Gasteiger partial charge in [-0.3, -0.25) is 4.98 Å². The molecule has 2 N–H and O–H groups in total. The second-order valence-corrected chi connectivity index (χ2v) is 5.47. The van der Waals surface area contributed by atoms with Gasteiger partial charge in [0.05, 0.1) is 0 Å². The molecule has 1 aromatic heterocycles. The number of amides is 1. The predicted molar refractivity (Wildman–Crippen MR) is 75.0 cm³/mol. The number of nitrogens with one attached hydrogen (secondary N) is 2. The van der Waals surface area contributed by atoms with Crippen molar-refractivity contribution in [2.75, 3.05) is 13.6 Å². The number of carbonyl (C=O) groups excluding carboxylic acids is 1. The molecule has 19 heavy (non-hydrogen) atoms. The Morgan fingerprint density at radius 1 is 1.47 bits per heavy atom. The minimum Gasteiger partial charge on any atom is -0.444 e. The molecule has 1 amide bonds. The smallest absolute Gasteiger partial charge is 0.407 e.